The second-order valence-electron chi connectivity index (χ2n) is 10.4. The molecule has 0 spiro atoms. The Morgan fingerprint density at radius 3 is 2.38 bits per heavy atom. The van der Waals surface area contributed by atoms with Gasteiger partial charge < -0.3 is 19.3 Å². The summed E-state index contributed by atoms with van der Waals surface area (Å²) in [5.41, 5.74) is 7.89. The minimum atomic E-state index is -2.99. The van der Waals surface area contributed by atoms with Crippen LogP contribution in [-0.4, -0.2) is 44.7 Å². The third kappa shape index (κ3) is 7.43. The lowest BCUT2D eigenvalue weighted by atomic mass is 9.90. The van der Waals surface area contributed by atoms with Gasteiger partial charge in [-0.2, -0.15) is 0 Å². The van der Waals surface area contributed by atoms with E-state index in [-0.39, 0.29) is 18.3 Å². The van der Waals surface area contributed by atoms with Crippen LogP contribution in [-0.2, 0) is 25.8 Å². The summed E-state index contributed by atoms with van der Waals surface area (Å²) in [6, 6.07) is 17.9. The zero-order chi connectivity index (χ0) is 28.9. The SMILES string of the molecule is CCO[C@@H](CC(=O)O)c1ccc(O[C@@H]2CCc3c(-c4c(C)cc(OCCCS(C)(=O)=O)cc4C)cccc32)cc1. The highest BCUT2D eigenvalue weighted by molar-refractivity contribution is 7.90. The number of carbonyl (C=O) groups is 1. The minimum Gasteiger partial charge on any atom is -0.494 e. The lowest BCUT2D eigenvalue weighted by Crippen LogP contribution is -2.10. The summed E-state index contributed by atoms with van der Waals surface area (Å²) in [4.78, 5) is 11.2. The molecule has 3 aromatic rings. The number of rotatable bonds is 13. The van der Waals surface area contributed by atoms with Crippen LogP contribution in [0, 0.1) is 13.8 Å². The van der Waals surface area contributed by atoms with Crippen LogP contribution < -0.4 is 9.47 Å². The number of hydrogen-bond acceptors (Lipinski definition) is 6. The average molecular weight is 567 g/mol. The van der Waals surface area contributed by atoms with E-state index in [0.29, 0.717) is 19.6 Å². The maximum absolute atomic E-state index is 11.4. The highest BCUT2D eigenvalue weighted by atomic mass is 32.2. The van der Waals surface area contributed by atoms with Crippen molar-refractivity contribution >= 4 is 15.8 Å². The molecule has 1 aliphatic rings. The van der Waals surface area contributed by atoms with Crippen molar-refractivity contribution in [3.05, 3.63) is 82.4 Å². The van der Waals surface area contributed by atoms with Gasteiger partial charge in [0.2, 0.25) is 0 Å². The summed E-state index contributed by atoms with van der Waals surface area (Å²) in [5, 5.41) is 9.20. The van der Waals surface area contributed by atoms with E-state index in [1.807, 2.05) is 43.3 Å². The van der Waals surface area contributed by atoms with Gasteiger partial charge in [0.25, 0.3) is 0 Å². The van der Waals surface area contributed by atoms with E-state index in [2.05, 4.69) is 32.0 Å². The number of hydrogen-bond donors (Lipinski definition) is 1. The summed E-state index contributed by atoms with van der Waals surface area (Å²) >= 11 is 0. The Labute approximate surface area is 237 Å². The van der Waals surface area contributed by atoms with Gasteiger partial charge in [-0.15, -0.1) is 0 Å². The van der Waals surface area contributed by atoms with Crippen LogP contribution in [0.15, 0.2) is 54.6 Å². The van der Waals surface area contributed by atoms with Gasteiger partial charge in [-0.05, 0) is 103 Å². The van der Waals surface area contributed by atoms with Crippen LogP contribution in [0.3, 0.4) is 0 Å². The molecule has 1 N–H and O–H groups in total. The highest BCUT2D eigenvalue weighted by Gasteiger charge is 2.27. The van der Waals surface area contributed by atoms with Crippen molar-refractivity contribution in [2.75, 3.05) is 25.2 Å². The van der Waals surface area contributed by atoms with Crippen molar-refractivity contribution in [1.29, 1.82) is 0 Å². The molecule has 0 bridgehead atoms. The van der Waals surface area contributed by atoms with Crippen LogP contribution in [0.1, 0.15) is 66.2 Å². The summed E-state index contributed by atoms with van der Waals surface area (Å²) in [6.45, 7) is 6.81. The fourth-order valence-corrected chi connectivity index (χ4v) is 6.12. The van der Waals surface area contributed by atoms with E-state index in [1.54, 1.807) is 0 Å². The molecule has 0 aliphatic heterocycles. The lowest BCUT2D eigenvalue weighted by Gasteiger charge is -2.19. The molecular weight excluding hydrogens is 528 g/mol. The monoisotopic (exact) mass is 566 g/mol. The molecule has 0 radical (unpaired) electrons. The highest BCUT2D eigenvalue weighted by Crippen LogP contribution is 2.42. The molecule has 0 heterocycles. The van der Waals surface area contributed by atoms with Crippen molar-refractivity contribution < 1.29 is 32.5 Å². The number of carboxylic acid groups (broad SMARTS) is 1. The van der Waals surface area contributed by atoms with Crippen molar-refractivity contribution in [3.8, 4) is 22.6 Å². The standard InChI is InChI=1S/C32H38O7S/c1-5-37-30(20-31(33)34)23-10-12-24(13-11-23)39-29-15-14-26-27(29)8-6-9-28(26)32-21(2)18-25(19-22(32)3)38-16-7-17-40(4,35)36/h6,8-13,18-19,29-30H,5,7,14-17,20H2,1-4H3,(H,33,34)/t29-,30+/m1/s1. The number of carboxylic acids is 1. The van der Waals surface area contributed by atoms with Crippen molar-refractivity contribution in [2.24, 2.45) is 0 Å². The minimum absolute atomic E-state index is 0.0689. The Morgan fingerprint density at radius 2 is 1.75 bits per heavy atom. The van der Waals surface area contributed by atoms with E-state index in [9.17, 15) is 18.3 Å². The summed E-state index contributed by atoms with van der Waals surface area (Å²) in [5.74, 6) is 0.710. The molecule has 4 rings (SSSR count). The molecule has 2 atom stereocenters. The first-order valence-electron chi connectivity index (χ1n) is 13.7. The molecule has 7 nitrogen and oxygen atoms in total. The van der Waals surface area contributed by atoms with Crippen LogP contribution in [0.2, 0.25) is 0 Å². The zero-order valence-electron chi connectivity index (χ0n) is 23.6. The summed E-state index contributed by atoms with van der Waals surface area (Å²) in [6.07, 6.45) is 2.84. The van der Waals surface area contributed by atoms with Crippen LogP contribution >= 0.6 is 0 Å². The average Bonchev–Trinajstić information content (AvgIpc) is 3.29. The Bertz CT molecular complexity index is 1420. The van der Waals surface area contributed by atoms with E-state index in [1.165, 1.54) is 28.5 Å². The molecule has 0 unspecified atom stereocenters. The molecule has 0 amide bonds. The first-order chi connectivity index (χ1) is 19.1. The molecule has 0 saturated heterocycles. The van der Waals surface area contributed by atoms with Crippen molar-refractivity contribution in [3.63, 3.8) is 0 Å². The first-order valence-corrected chi connectivity index (χ1v) is 15.8. The molecular formula is C32H38O7S. The second kappa shape index (κ2) is 12.9. The summed E-state index contributed by atoms with van der Waals surface area (Å²) < 4.78 is 40.6. The number of aryl methyl sites for hydroxylation is 2. The number of ether oxygens (including phenoxy) is 3. The van der Waals surface area contributed by atoms with Crippen LogP contribution in [0.4, 0.5) is 0 Å². The van der Waals surface area contributed by atoms with E-state index in [4.69, 9.17) is 14.2 Å². The van der Waals surface area contributed by atoms with E-state index in [0.717, 1.165) is 41.0 Å². The Morgan fingerprint density at radius 1 is 1.05 bits per heavy atom. The van der Waals surface area contributed by atoms with Crippen molar-refractivity contribution in [1.82, 2.24) is 0 Å². The fraction of sp³-hybridized carbons (Fsp3) is 0.406. The van der Waals surface area contributed by atoms with Gasteiger partial charge in [-0.3, -0.25) is 4.79 Å². The number of fused-ring (bicyclic) bond motifs is 1. The quantitative estimate of drug-likeness (QED) is 0.239. The molecule has 8 heteroatoms. The van der Waals surface area contributed by atoms with Gasteiger partial charge in [0.05, 0.1) is 24.9 Å². The Kier molecular flexibility index (Phi) is 9.53. The first kappa shape index (κ1) is 29.6. The van der Waals surface area contributed by atoms with E-state index >= 15 is 0 Å². The molecule has 40 heavy (non-hydrogen) atoms. The van der Waals surface area contributed by atoms with Crippen LogP contribution in [0.25, 0.3) is 11.1 Å². The van der Waals surface area contributed by atoms with Gasteiger partial charge in [0.1, 0.15) is 27.4 Å². The zero-order valence-corrected chi connectivity index (χ0v) is 24.4. The van der Waals surface area contributed by atoms with Gasteiger partial charge in [0.15, 0.2) is 0 Å². The summed E-state index contributed by atoms with van der Waals surface area (Å²) in [7, 11) is -2.99. The fourth-order valence-electron chi connectivity index (χ4n) is 5.47. The number of benzene rings is 3. The largest absolute Gasteiger partial charge is 0.494 e. The number of aliphatic carboxylic acids is 1. The van der Waals surface area contributed by atoms with Gasteiger partial charge >= 0.3 is 5.97 Å². The third-order valence-corrected chi connectivity index (χ3v) is 8.21. The maximum Gasteiger partial charge on any atom is 0.306 e. The Balaban J connectivity index is 1.49. The van der Waals surface area contributed by atoms with Gasteiger partial charge in [0, 0.05) is 12.9 Å². The maximum atomic E-state index is 11.4. The topological polar surface area (TPSA) is 99.1 Å². The lowest BCUT2D eigenvalue weighted by molar-refractivity contribution is -0.140. The molecule has 0 aromatic heterocycles. The molecule has 3 aromatic carbocycles. The second-order valence-corrected chi connectivity index (χ2v) is 12.7. The normalized spacial score (nSPS) is 15.4. The number of sulfone groups is 1. The third-order valence-electron chi connectivity index (χ3n) is 7.18. The van der Waals surface area contributed by atoms with Crippen LogP contribution in [0.5, 0.6) is 11.5 Å². The smallest absolute Gasteiger partial charge is 0.306 e. The molecule has 0 fully saturated rings. The van der Waals surface area contributed by atoms with Gasteiger partial charge in [-0.1, -0.05) is 30.3 Å². The molecule has 1 aliphatic carbocycles. The van der Waals surface area contributed by atoms with Crippen molar-refractivity contribution in [2.45, 2.75) is 58.7 Å². The van der Waals surface area contributed by atoms with Gasteiger partial charge in [-0.25, -0.2) is 8.42 Å². The predicted octanol–water partition coefficient (Wildman–Crippen LogP) is 6.40. The predicted molar refractivity (Wildman–Crippen MR) is 156 cm³/mol. The molecule has 214 valence electrons. The molecule has 0 saturated carbocycles. The van der Waals surface area contributed by atoms with E-state index < -0.39 is 21.9 Å². The Hall–Kier alpha value is -3.36.